The molecule has 1 aliphatic heterocycles. The van der Waals surface area contributed by atoms with Gasteiger partial charge in [-0.3, -0.25) is 0 Å². The predicted octanol–water partition coefficient (Wildman–Crippen LogP) is 1.95. The second-order valence-corrected chi connectivity index (χ2v) is 4.53. The van der Waals surface area contributed by atoms with E-state index in [2.05, 4.69) is 18.3 Å². The van der Waals surface area contributed by atoms with Crippen molar-refractivity contribution in [2.45, 2.75) is 25.3 Å². The van der Waals surface area contributed by atoms with Crippen LogP contribution in [0.4, 0.5) is 5.69 Å². The van der Waals surface area contributed by atoms with Gasteiger partial charge in [-0.2, -0.15) is 0 Å². The van der Waals surface area contributed by atoms with Crippen LogP contribution in [0.5, 0.6) is 0 Å². The lowest BCUT2D eigenvalue weighted by Gasteiger charge is -2.37. The van der Waals surface area contributed by atoms with Gasteiger partial charge in [0, 0.05) is 12.3 Å². The van der Waals surface area contributed by atoms with E-state index in [-0.39, 0.29) is 12.1 Å². The van der Waals surface area contributed by atoms with Gasteiger partial charge in [0.1, 0.15) is 0 Å². The van der Waals surface area contributed by atoms with Gasteiger partial charge in [-0.15, -0.1) is 0 Å². The molecule has 2 N–H and O–H groups in total. The molecule has 1 fully saturated rings. The zero-order valence-electron chi connectivity index (χ0n) is 9.70. The Morgan fingerprint density at radius 2 is 2.25 bits per heavy atom. The van der Waals surface area contributed by atoms with Crippen molar-refractivity contribution in [3.05, 3.63) is 29.8 Å². The minimum atomic E-state index is -0.301. The SMILES string of the molecule is Cc1ccccc1NC1(CO)CCCOC1. The number of para-hydroxylation sites is 1. The Balaban J connectivity index is 2.15. The first-order chi connectivity index (χ1) is 7.76. The predicted molar refractivity (Wildman–Crippen MR) is 64.7 cm³/mol. The molecule has 0 saturated carbocycles. The number of benzene rings is 1. The summed E-state index contributed by atoms with van der Waals surface area (Å²) in [6.45, 7) is 3.56. The highest BCUT2D eigenvalue weighted by atomic mass is 16.5. The number of aliphatic hydroxyl groups excluding tert-OH is 1. The molecule has 0 radical (unpaired) electrons. The van der Waals surface area contributed by atoms with Crippen molar-refractivity contribution in [3.8, 4) is 0 Å². The molecule has 0 amide bonds. The fourth-order valence-electron chi connectivity index (χ4n) is 2.11. The van der Waals surface area contributed by atoms with Crippen LogP contribution < -0.4 is 5.32 Å². The van der Waals surface area contributed by atoms with Crippen LogP contribution in [0.2, 0.25) is 0 Å². The van der Waals surface area contributed by atoms with Gasteiger partial charge < -0.3 is 15.2 Å². The lowest BCUT2D eigenvalue weighted by atomic mass is 9.92. The average molecular weight is 221 g/mol. The van der Waals surface area contributed by atoms with Crippen LogP contribution in [0.25, 0.3) is 0 Å². The minimum Gasteiger partial charge on any atom is -0.394 e. The summed E-state index contributed by atoms with van der Waals surface area (Å²) in [6.07, 6.45) is 1.96. The largest absolute Gasteiger partial charge is 0.394 e. The van der Waals surface area contributed by atoms with E-state index in [9.17, 15) is 5.11 Å². The van der Waals surface area contributed by atoms with Crippen molar-refractivity contribution in [2.24, 2.45) is 0 Å². The Hall–Kier alpha value is -1.06. The molecule has 1 unspecified atom stereocenters. The molecule has 3 nitrogen and oxygen atoms in total. The standard InChI is InChI=1S/C13H19NO2/c1-11-5-2-3-6-12(11)14-13(9-15)7-4-8-16-10-13/h2-3,5-6,14-15H,4,7-10H2,1H3. The summed E-state index contributed by atoms with van der Waals surface area (Å²) in [4.78, 5) is 0. The monoisotopic (exact) mass is 221 g/mol. The van der Waals surface area contributed by atoms with E-state index >= 15 is 0 Å². The molecule has 2 rings (SSSR count). The molecular weight excluding hydrogens is 202 g/mol. The van der Waals surface area contributed by atoms with E-state index in [1.807, 2.05) is 18.2 Å². The third-order valence-electron chi connectivity index (χ3n) is 3.17. The summed E-state index contributed by atoms with van der Waals surface area (Å²) in [5, 5.41) is 13.0. The van der Waals surface area contributed by atoms with Crippen molar-refractivity contribution >= 4 is 5.69 Å². The van der Waals surface area contributed by atoms with Crippen LogP contribution in [-0.2, 0) is 4.74 Å². The van der Waals surface area contributed by atoms with Crippen molar-refractivity contribution in [1.29, 1.82) is 0 Å². The molecule has 0 aliphatic carbocycles. The maximum absolute atomic E-state index is 9.55. The van der Waals surface area contributed by atoms with E-state index in [0.717, 1.165) is 25.1 Å². The topological polar surface area (TPSA) is 41.5 Å². The fraction of sp³-hybridized carbons (Fsp3) is 0.538. The Kier molecular flexibility index (Phi) is 3.46. The summed E-state index contributed by atoms with van der Waals surface area (Å²) in [5.74, 6) is 0. The third kappa shape index (κ3) is 2.36. The van der Waals surface area contributed by atoms with Crippen LogP contribution in [0.1, 0.15) is 18.4 Å². The van der Waals surface area contributed by atoms with Gasteiger partial charge in [-0.25, -0.2) is 0 Å². The molecule has 88 valence electrons. The van der Waals surface area contributed by atoms with Crippen molar-refractivity contribution < 1.29 is 9.84 Å². The molecule has 1 aromatic carbocycles. The van der Waals surface area contributed by atoms with Crippen LogP contribution in [0, 0.1) is 6.92 Å². The summed E-state index contributed by atoms with van der Waals surface area (Å²) in [7, 11) is 0. The van der Waals surface area contributed by atoms with Gasteiger partial charge in [0.05, 0.1) is 18.8 Å². The van der Waals surface area contributed by atoms with Crippen molar-refractivity contribution in [1.82, 2.24) is 0 Å². The summed E-state index contributed by atoms with van der Waals surface area (Å²) < 4.78 is 5.47. The van der Waals surface area contributed by atoms with E-state index in [0.29, 0.717) is 6.61 Å². The first kappa shape index (κ1) is 11.4. The number of aliphatic hydroxyl groups is 1. The van der Waals surface area contributed by atoms with Crippen LogP contribution in [-0.4, -0.2) is 30.5 Å². The van der Waals surface area contributed by atoms with Gasteiger partial charge in [-0.1, -0.05) is 18.2 Å². The van der Waals surface area contributed by atoms with Gasteiger partial charge in [0.2, 0.25) is 0 Å². The van der Waals surface area contributed by atoms with Crippen LogP contribution >= 0.6 is 0 Å². The lowest BCUT2D eigenvalue weighted by molar-refractivity contribution is 0.0217. The van der Waals surface area contributed by atoms with Crippen molar-refractivity contribution in [3.63, 3.8) is 0 Å². The molecule has 0 spiro atoms. The zero-order valence-corrected chi connectivity index (χ0v) is 9.70. The molecule has 16 heavy (non-hydrogen) atoms. The highest BCUT2D eigenvalue weighted by Crippen LogP contribution is 2.25. The Morgan fingerprint density at radius 1 is 1.44 bits per heavy atom. The van der Waals surface area contributed by atoms with Crippen molar-refractivity contribution in [2.75, 3.05) is 25.1 Å². The zero-order chi connectivity index (χ0) is 11.4. The van der Waals surface area contributed by atoms with E-state index in [4.69, 9.17) is 4.74 Å². The molecular formula is C13H19NO2. The number of anilines is 1. The Bertz CT molecular complexity index is 346. The van der Waals surface area contributed by atoms with Gasteiger partial charge >= 0.3 is 0 Å². The van der Waals surface area contributed by atoms with Gasteiger partial charge in [0.25, 0.3) is 0 Å². The fourth-order valence-corrected chi connectivity index (χ4v) is 2.11. The number of rotatable bonds is 3. The number of hydrogen-bond acceptors (Lipinski definition) is 3. The smallest absolute Gasteiger partial charge is 0.0838 e. The lowest BCUT2D eigenvalue weighted by Crippen LogP contribution is -2.49. The normalized spacial score (nSPS) is 25.4. The van der Waals surface area contributed by atoms with E-state index < -0.39 is 0 Å². The summed E-state index contributed by atoms with van der Waals surface area (Å²) >= 11 is 0. The molecule has 0 aromatic heterocycles. The average Bonchev–Trinajstić information content (AvgIpc) is 2.33. The van der Waals surface area contributed by atoms with E-state index in [1.165, 1.54) is 5.56 Å². The second kappa shape index (κ2) is 4.85. The minimum absolute atomic E-state index is 0.112. The number of aryl methyl sites for hydroxylation is 1. The maximum atomic E-state index is 9.55. The summed E-state index contributed by atoms with van der Waals surface area (Å²) in [6, 6.07) is 8.13. The first-order valence-corrected chi connectivity index (χ1v) is 5.78. The van der Waals surface area contributed by atoms with Crippen LogP contribution in [0.3, 0.4) is 0 Å². The number of ether oxygens (including phenoxy) is 1. The summed E-state index contributed by atoms with van der Waals surface area (Å²) in [5.41, 5.74) is 1.98. The highest BCUT2D eigenvalue weighted by molar-refractivity contribution is 5.52. The highest BCUT2D eigenvalue weighted by Gasteiger charge is 2.32. The number of nitrogens with one attached hydrogen (secondary N) is 1. The quantitative estimate of drug-likeness (QED) is 0.819. The van der Waals surface area contributed by atoms with E-state index in [1.54, 1.807) is 0 Å². The number of hydrogen-bond donors (Lipinski definition) is 2. The molecule has 1 aliphatic rings. The molecule has 1 atom stereocenters. The van der Waals surface area contributed by atoms with Crippen LogP contribution in [0.15, 0.2) is 24.3 Å². The molecule has 1 aromatic rings. The van der Waals surface area contributed by atoms with Gasteiger partial charge in [0.15, 0.2) is 0 Å². The molecule has 0 bridgehead atoms. The first-order valence-electron chi connectivity index (χ1n) is 5.78. The Labute approximate surface area is 96.4 Å². The molecule has 1 saturated heterocycles. The Morgan fingerprint density at radius 3 is 2.88 bits per heavy atom. The van der Waals surface area contributed by atoms with Gasteiger partial charge in [-0.05, 0) is 31.4 Å². The molecule has 1 heterocycles. The third-order valence-corrected chi connectivity index (χ3v) is 3.17. The second-order valence-electron chi connectivity index (χ2n) is 4.53. The molecule has 3 heteroatoms. The maximum Gasteiger partial charge on any atom is 0.0838 e.